The Balaban J connectivity index is 1.78. The Hall–Kier alpha value is -1.18. The van der Waals surface area contributed by atoms with E-state index in [1.807, 2.05) is 25.1 Å². The van der Waals surface area contributed by atoms with Crippen molar-refractivity contribution in [3.63, 3.8) is 0 Å². The maximum atomic E-state index is 13.4. The Morgan fingerprint density at radius 3 is 2.93 bits per heavy atom. The van der Waals surface area contributed by atoms with Gasteiger partial charge in [0.25, 0.3) is 5.91 Å². The third-order valence-electron chi connectivity index (χ3n) is 4.68. The van der Waals surface area contributed by atoms with E-state index in [2.05, 4.69) is 15.9 Å². The number of carbonyl (C=O) groups is 1. The molecule has 1 aliphatic rings. The highest BCUT2D eigenvalue weighted by Gasteiger charge is 2.28. The lowest BCUT2D eigenvalue weighted by molar-refractivity contribution is 0.0917. The van der Waals surface area contributed by atoms with E-state index < -0.39 is 0 Å². The van der Waals surface area contributed by atoms with Crippen molar-refractivity contribution in [2.75, 3.05) is 18.1 Å². The summed E-state index contributed by atoms with van der Waals surface area (Å²) in [4.78, 5) is 19.9. The largest absolute Gasteiger partial charge is 0.376 e. The van der Waals surface area contributed by atoms with E-state index in [9.17, 15) is 4.79 Å². The number of fused-ring (bicyclic) bond motifs is 1. The molecule has 1 aliphatic heterocycles. The third-order valence-corrected chi connectivity index (χ3v) is 6.75. The molecule has 1 saturated heterocycles. The van der Waals surface area contributed by atoms with Crippen molar-refractivity contribution in [1.29, 1.82) is 0 Å². The van der Waals surface area contributed by atoms with Gasteiger partial charge in [-0.3, -0.25) is 9.69 Å². The molecule has 0 bridgehead atoms. The number of rotatable bonds is 4. The molecule has 8 heteroatoms. The van der Waals surface area contributed by atoms with E-state index in [-0.39, 0.29) is 12.0 Å². The second-order valence-corrected chi connectivity index (χ2v) is 9.51. The number of anilines is 1. The molecule has 4 rings (SSSR count). The summed E-state index contributed by atoms with van der Waals surface area (Å²) in [6.07, 6.45) is 1.91. The van der Waals surface area contributed by atoms with Crippen LogP contribution in [0.4, 0.5) is 5.13 Å². The highest BCUT2D eigenvalue weighted by molar-refractivity contribution is 9.10. The van der Waals surface area contributed by atoms with Gasteiger partial charge in [-0.15, -0.1) is 0 Å². The molecule has 1 atom stereocenters. The molecule has 1 aromatic heterocycles. The average molecular weight is 500 g/mol. The van der Waals surface area contributed by atoms with Crippen LogP contribution in [0.1, 0.15) is 28.8 Å². The van der Waals surface area contributed by atoms with Crippen molar-refractivity contribution >= 4 is 71.7 Å². The lowest BCUT2D eigenvalue weighted by atomic mass is 10.1. The third kappa shape index (κ3) is 4.07. The number of hydrogen-bond acceptors (Lipinski definition) is 4. The normalized spacial score (nSPS) is 16.6. The minimum atomic E-state index is -0.190. The average Bonchev–Trinajstić information content (AvgIpc) is 3.30. The smallest absolute Gasteiger partial charge is 0.261 e. The number of amides is 1. The molecule has 28 heavy (non-hydrogen) atoms. The van der Waals surface area contributed by atoms with Crippen LogP contribution in [0.15, 0.2) is 34.8 Å². The predicted octanol–water partition coefficient (Wildman–Crippen LogP) is 6.50. The van der Waals surface area contributed by atoms with Crippen molar-refractivity contribution in [2.24, 2.45) is 0 Å². The van der Waals surface area contributed by atoms with Crippen LogP contribution in [-0.2, 0) is 4.74 Å². The maximum Gasteiger partial charge on any atom is 0.261 e. The topological polar surface area (TPSA) is 42.4 Å². The molecular formula is C20H17BrCl2N2O2S. The van der Waals surface area contributed by atoms with Gasteiger partial charge in [0.05, 0.1) is 33.5 Å². The molecule has 0 spiro atoms. The Morgan fingerprint density at radius 2 is 2.18 bits per heavy atom. The standard InChI is InChI=1S/C20H17BrCl2N2O2S/c1-11-7-13(22)9-17-18(11)24-20(28-17)25(10-14-3-2-6-27-14)19(26)15-8-12(21)4-5-16(15)23/h4-5,7-9,14H,2-3,6,10H2,1H3. The summed E-state index contributed by atoms with van der Waals surface area (Å²) in [6, 6.07) is 9.03. The summed E-state index contributed by atoms with van der Waals surface area (Å²) >= 11 is 17.4. The molecule has 0 saturated carbocycles. The fraction of sp³-hybridized carbons (Fsp3) is 0.300. The molecule has 1 fully saturated rings. The summed E-state index contributed by atoms with van der Waals surface area (Å²) in [7, 11) is 0. The van der Waals surface area contributed by atoms with Gasteiger partial charge in [-0.1, -0.05) is 50.5 Å². The van der Waals surface area contributed by atoms with Crippen LogP contribution in [0.2, 0.25) is 10.0 Å². The molecule has 0 aliphatic carbocycles. The summed E-state index contributed by atoms with van der Waals surface area (Å²) < 4.78 is 7.53. The quantitative estimate of drug-likeness (QED) is 0.411. The van der Waals surface area contributed by atoms with Gasteiger partial charge >= 0.3 is 0 Å². The molecule has 0 radical (unpaired) electrons. The van der Waals surface area contributed by atoms with Crippen LogP contribution in [0.25, 0.3) is 10.2 Å². The lowest BCUT2D eigenvalue weighted by Gasteiger charge is -2.23. The number of ether oxygens (including phenoxy) is 1. The van der Waals surface area contributed by atoms with Gasteiger partial charge < -0.3 is 4.74 Å². The lowest BCUT2D eigenvalue weighted by Crippen LogP contribution is -2.37. The molecule has 1 unspecified atom stereocenters. The molecule has 0 N–H and O–H groups in total. The number of halogens is 3. The number of benzene rings is 2. The molecular weight excluding hydrogens is 483 g/mol. The first-order chi connectivity index (χ1) is 13.4. The number of nitrogens with zero attached hydrogens (tertiary/aromatic N) is 2. The Kier molecular flexibility index (Phi) is 5.95. The highest BCUT2D eigenvalue weighted by atomic mass is 79.9. The molecule has 4 nitrogen and oxygen atoms in total. The minimum absolute atomic E-state index is 0.00780. The van der Waals surface area contributed by atoms with E-state index in [1.54, 1.807) is 17.0 Å². The van der Waals surface area contributed by atoms with E-state index >= 15 is 0 Å². The Bertz CT molecular complexity index is 1050. The number of aromatic nitrogens is 1. The van der Waals surface area contributed by atoms with Gasteiger partial charge in [0.2, 0.25) is 0 Å². The van der Waals surface area contributed by atoms with Crippen molar-refractivity contribution in [1.82, 2.24) is 4.98 Å². The molecule has 2 heterocycles. The molecule has 146 valence electrons. The predicted molar refractivity (Wildman–Crippen MR) is 119 cm³/mol. The van der Waals surface area contributed by atoms with Crippen LogP contribution >= 0.6 is 50.5 Å². The van der Waals surface area contributed by atoms with Crippen LogP contribution in [-0.4, -0.2) is 30.1 Å². The SMILES string of the molecule is Cc1cc(Cl)cc2sc(N(CC3CCCO3)C(=O)c3cc(Br)ccc3Cl)nc12. The zero-order chi connectivity index (χ0) is 19.8. The van der Waals surface area contributed by atoms with Gasteiger partial charge in [-0.2, -0.15) is 0 Å². The van der Waals surface area contributed by atoms with E-state index in [0.717, 1.165) is 39.7 Å². The molecule has 1 amide bonds. The van der Waals surface area contributed by atoms with Gasteiger partial charge in [0.1, 0.15) is 0 Å². The molecule has 2 aromatic carbocycles. The van der Waals surface area contributed by atoms with Crippen LogP contribution in [0.5, 0.6) is 0 Å². The van der Waals surface area contributed by atoms with E-state index in [0.29, 0.717) is 27.3 Å². The maximum absolute atomic E-state index is 13.4. The van der Waals surface area contributed by atoms with Crippen molar-refractivity contribution in [3.05, 3.63) is 56.0 Å². The summed E-state index contributed by atoms with van der Waals surface area (Å²) in [5.41, 5.74) is 2.27. The van der Waals surface area contributed by atoms with Gasteiger partial charge in [0.15, 0.2) is 5.13 Å². The molecule has 3 aromatic rings. The zero-order valence-corrected chi connectivity index (χ0v) is 19.0. The van der Waals surface area contributed by atoms with E-state index in [4.69, 9.17) is 32.9 Å². The fourth-order valence-electron chi connectivity index (χ4n) is 3.30. The van der Waals surface area contributed by atoms with Gasteiger partial charge in [0, 0.05) is 16.1 Å². The number of aryl methyl sites for hydroxylation is 1. The first-order valence-electron chi connectivity index (χ1n) is 8.87. The fourth-order valence-corrected chi connectivity index (χ4v) is 5.29. The second-order valence-electron chi connectivity index (χ2n) is 6.74. The van der Waals surface area contributed by atoms with Crippen LogP contribution < -0.4 is 4.90 Å². The Morgan fingerprint density at radius 1 is 1.36 bits per heavy atom. The first-order valence-corrected chi connectivity index (χ1v) is 11.2. The van der Waals surface area contributed by atoms with Crippen molar-refractivity contribution in [3.8, 4) is 0 Å². The number of thiazole rings is 1. The summed E-state index contributed by atoms with van der Waals surface area (Å²) in [5.74, 6) is -0.190. The number of carbonyl (C=O) groups excluding carboxylic acids is 1. The Labute approximate surface area is 185 Å². The number of hydrogen-bond donors (Lipinski definition) is 0. The van der Waals surface area contributed by atoms with Crippen molar-refractivity contribution in [2.45, 2.75) is 25.9 Å². The minimum Gasteiger partial charge on any atom is -0.376 e. The second kappa shape index (κ2) is 8.28. The van der Waals surface area contributed by atoms with Crippen molar-refractivity contribution < 1.29 is 9.53 Å². The van der Waals surface area contributed by atoms with E-state index in [1.165, 1.54) is 11.3 Å². The van der Waals surface area contributed by atoms with Gasteiger partial charge in [-0.05, 0) is 55.7 Å². The monoisotopic (exact) mass is 498 g/mol. The highest BCUT2D eigenvalue weighted by Crippen LogP contribution is 2.35. The zero-order valence-electron chi connectivity index (χ0n) is 15.0. The summed E-state index contributed by atoms with van der Waals surface area (Å²) in [6.45, 7) is 3.13. The van der Waals surface area contributed by atoms with Crippen LogP contribution in [0, 0.1) is 6.92 Å². The van der Waals surface area contributed by atoms with Crippen LogP contribution in [0.3, 0.4) is 0 Å². The van der Waals surface area contributed by atoms with Gasteiger partial charge in [-0.25, -0.2) is 4.98 Å². The summed E-state index contributed by atoms with van der Waals surface area (Å²) in [5, 5.41) is 1.69. The first kappa shape index (κ1) is 20.1.